The first kappa shape index (κ1) is 15.3. The van der Waals surface area contributed by atoms with E-state index < -0.39 is 0 Å². The maximum atomic E-state index is 11.9. The molecule has 1 N–H and O–H groups in total. The van der Waals surface area contributed by atoms with Crippen LogP contribution in [0.1, 0.15) is 13.8 Å². The highest BCUT2D eigenvalue weighted by molar-refractivity contribution is 9.10. The summed E-state index contributed by atoms with van der Waals surface area (Å²) in [6.45, 7) is 8.23. The van der Waals surface area contributed by atoms with Crippen LogP contribution in [0.3, 0.4) is 0 Å². The third kappa shape index (κ3) is 4.17. The van der Waals surface area contributed by atoms with E-state index in [0.29, 0.717) is 17.1 Å². The van der Waals surface area contributed by atoms with Crippen LogP contribution in [-0.2, 0) is 6.54 Å². The highest BCUT2D eigenvalue weighted by Gasteiger charge is 2.10. The summed E-state index contributed by atoms with van der Waals surface area (Å²) in [5, 5.41) is 7.38. The average molecular weight is 332 g/mol. The summed E-state index contributed by atoms with van der Waals surface area (Å²) in [6.07, 6.45) is 3.32. The number of allylic oxidation sites excluding steroid dienone is 1. The lowest BCUT2D eigenvalue weighted by Crippen LogP contribution is -2.26. The number of nitrogens with one attached hydrogen (secondary N) is 1. The first-order valence-electron chi connectivity index (χ1n) is 5.81. The van der Waals surface area contributed by atoms with Crippen molar-refractivity contribution in [3.8, 4) is 0 Å². The molecule has 0 saturated heterocycles. The molecule has 0 aliphatic rings. The Morgan fingerprint density at radius 1 is 1.72 bits per heavy atom. The molecule has 1 aromatic heterocycles. The Bertz CT molecular complexity index is 461. The molecule has 0 amide bonds. The first-order chi connectivity index (χ1) is 8.60. The van der Waals surface area contributed by atoms with Gasteiger partial charge < -0.3 is 5.32 Å². The summed E-state index contributed by atoms with van der Waals surface area (Å²) in [6, 6.07) is 0.294. The van der Waals surface area contributed by atoms with Gasteiger partial charge in [-0.15, -0.1) is 6.58 Å². The van der Waals surface area contributed by atoms with Crippen LogP contribution in [0, 0.1) is 0 Å². The highest BCUT2D eigenvalue weighted by Crippen LogP contribution is 2.18. The van der Waals surface area contributed by atoms with E-state index in [1.807, 2.05) is 11.8 Å². The van der Waals surface area contributed by atoms with Crippen molar-refractivity contribution in [2.75, 3.05) is 16.8 Å². The molecule has 100 valence electrons. The van der Waals surface area contributed by atoms with Gasteiger partial charge in [0, 0.05) is 11.8 Å². The number of thioether (sulfide) groups is 1. The second-order valence-corrected chi connectivity index (χ2v) is 5.96. The van der Waals surface area contributed by atoms with Crippen LogP contribution < -0.4 is 10.9 Å². The summed E-state index contributed by atoms with van der Waals surface area (Å²) < 4.78 is 1.89. The average Bonchev–Trinajstić information content (AvgIpc) is 2.36. The minimum absolute atomic E-state index is 0.143. The first-order valence-corrected chi connectivity index (χ1v) is 7.75. The van der Waals surface area contributed by atoms with Crippen LogP contribution in [0.2, 0.25) is 0 Å². The minimum atomic E-state index is -0.143. The second kappa shape index (κ2) is 7.63. The molecule has 0 fully saturated rings. The van der Waals surface area contributed by atoms with Crippen LogP contribution in [0.15, 0.2) is 28.1 Å². The highest BCUT2D eigenvalue weighted by atomic mass is 79.9. The second-order valence-electron chi connectivity index (χ2n) is 3.85. The van der Waals surface area contributed by atoms with Gasteiger partial charge in [0.05, 0.1) is 18.4 Å². The number of nitrogens with zero attached hydrogens (tertiary/aromatic N) is 2. The fraction of sp³-hybridized carbons (Fsp3) is 0.500. The lowest BCUT2D eigenvalue weighted by Gasteiger charge is -2.15. The van der Waals surface area contributed by atoms with Gasteiger partial charge in [-0.05, 0) is 28.6 Å². The Hall–Kier alpha value is -0.750. The zero-order valence-electron chi connectivity index (χ0n) is 10.6. The van der Waals surface area contributed by atoms with Crippen molar-refractivity contribution in [2.24, 2.45) is 0 Å². The van der Waals surface area contributed by atoms with Gasteiger partial charge in [0.25, 0.3) is 5.56 Å². The zero-order chi connectivity index (χ0) is 13.5. The third-order valence-electron chi connectivity index (χ3n) is 2.26. The van der Waals surface area contributed by atoms with Crippen LogP contribution in [0.5, 0.6) is 0 Å². The van der Waals surface area contributed by atoms with Gasteiger partial charge in [-0.3, -0.25) is 4.79 Å². The van der Waals surface area contributed by atoms with Crippen molar-refractivity contribution in [1.82, 2.24) is 9.78 Å². The molecule has 0 aliphatic carbocycles. The molecule has 6 heteroatoms. The van der Waals surface area contributed by atoms with Crippen molar-refractivity contribution in [2.45, 2.75) is 26.4 Å². The Labute approximate surface area is 120 Å². The van der Waals surface area contributed by atoms with Gasteiger partial charge in [-0.25, -0.2) is 4.68 Å². The van der Waals surface area contributed by atoms with E-state index in [0.717, 1.165) is 17.2 Å². The quantitative estimate of drug-likeness (QED) is 0.780. The van der Waals surface area contributed by atoms with E-state index in [2.05, 4.69) is 46.8 Å². The maximum Gasteiger partial charge on any atom is 0.283 e. The number of aromatic nitrogens is 2. The van der Waals surface area contributed by atoms with E-state index >= 15 is 0 Å². The molecule has 0 aromatic carbocycles. The molecule has 4 nitrogen and oxygen atoms in total. The van der Waals surface area contributed by atoms with Gasteiger partial charge in [0.15, 0.2) is 0 Å². The monoisotopic (exact) mass is 331 g/mol. The predicted octanol–water partition coefficient (Wildman–Crippen LogP) is 2.75. The van der Waals surface area contributed by atoms with E-state index in [-0.39, 0.29) is 5.56 Å². The summed E-state index contributed by atoms with van der Waals surface area (Å²) in [7, 11) is 0. The number of anilines is 1. The number of hydrogen-bond acceptors (Lipinski definition) is 4. The van der Waals surface area contributed by atoms with Crippen molar-refractivity contribution < 1.29 is 0 Å². The van der Waals surface area contributed by atoms with E-state index in [1.165, 1.54) is 4.68 Å². The Balaban J connectivity index is 2.82. The summed E-state index contributed by atoms with van der Waals surface area (Å²) in [5.74, 6) is 2.09. The smallest absolute Gasteiger partial charge is 0.283 e. The molecule has 1 atom stereocenters. The SMILES string of the molecule is C=CCn1ncc(NC(C)CSCC)c(Br)c1=O. The molecular formula is C12H18BrN3OS. The maximum absolute atomic E-state index is 11.9. The summed E-state index contributed by atoms with van der Waals surface area (Å²) >= 11 is 5.18. The van der Waals surface area contributed by atoms with E-state index in [9.17, 15) is 4.79 Å². The van der Waals surface area contributed by atoms with Gasteiger partial charge in [0.1, 0.15) is 4.47 Å². The minimum Gasteiger partial charge on any atom is -0.379 e. The van der Waals surface area contributed by atoms with Crippen molar-refractivity contribution in [1.29, 1.82) is 0 Å². The molecule has 0 spiro atoms. The zero-order valence-corrected chi connectivity index (χ0v) is 13.1. The number of hydrogen-bond donors (Lipinski definition) is 1. The van der Waals surface area contributed by atoms with Crippen molar-refractivity contribution >= 4 is 33.4 Å². The summed E-state index contributed by atoms with van der Waals surface area (Å²) in [5.41, 5.74) is 0.597. The fourth-order valence-corrected chi connectivity index (χ4v) is 2.51. The van der Waals surface area contributed by atoms with Crippen LogP contribution in [0.4, 0.5) is 5.69 Å². The molecule has 1 aromatic rings. The van der Waals surface area contributed by atoms with Gasteiger partial charge >= 0.3 is 0 Å². The van der Waals surface area contributed by atoms with Crippen LogP contribution in [-0.4, -0.2) is 27.3 Å². The normalized spacial score (nSPS) is 12.2. The molecule has 18 heavy (non-hydrogen) atoms. The third-order valence-corrected chi connectivity index (χ3v) is 4.17. The lowest BCUT2D eigenvalue weighted by molar-refractivity contribution is 0.648. The molecule has 0 aliphatic heterocycles. The van der Waals surface area contributed by atoms with Crippen molar-refractivity contribution in [3.05, 3.63) is 33.7 Å². The Morgan fingerprint density at radius 3 is 3.06 bits per heavy atom. The predicted molar refractivity (Wildman–Crippen MR) is 82.5 cm³/mol. The molecule has 1 unspecified atom stereocenters. The molecular weight excluding hydrogens is 314 g/mol. The number of rotatable bonds is 7. The Kier molecular flexibility index (Phi) is 6.49. The van der Waals surface area contributed by atoms with E-state index in [1.54, 1.807) is 12.3 Å². The topological polar surface area (TPSA) is 46.9 Å². The van der Waals surface area contributed by atoms with Gasteiger partial charge in [-0.2, -0.15) is 16.9 Å². The van der Waals surface area contributed by atoms with Crippen LogP contribution in [0.25, 0.3) is 0 Å². The van der Waals surface area contributed by atoms with E-state index in [4.69, 9.17) is 0 Å². The molecule has 0 bridgehead atoms. The Morgan fingerprint density at radius 2 is 2.44 bits per heavy atom. The molecule has 1 rings (SSSR count). The molecule has 0 radical (unpaired) electrons. The van der Waals surface area contributed by atoms with Crippen LogP contribution >= 0.6 is 27.7 Å². The lowest BCUT2D eigenvalue weighted by atomic mass is 10.3. The molecule has 1 heterocycles. The largest absolute Gasteiger partial charge is 0.379 e. The summed E-state index contributed by atoms with van der Waals surface area (Å²) in [4.78, 5) is 11.9. The number of halogens is 1. The van der Waals surface area contributed by atoms with Gasteiger partial charge in [0.2, 0.25) is 0 Å². The van der Waals surface area contributed by atoms with Crippen molar-refractivity contribution in [3.63, 3.8) is 0 Å². The molecule has 0 saturated carbocycles. The van der Waals surface area contributed by atoms with Gasteiger partial charge in [-0.1, -0.05) is 13.0 Å². The standard InChI is InChI=1S/C12H18BrN3OS/c1-4-6-16-12(17)11(13)10(7-14-16)15-9(3)8-18-5-2/h4,7,9,15H,1,5-6,8H2,2-3H3. The fourth-order valence-electron chi connectivity index (χ4n) is 1.42.